The molecule has 1 N–H and O–H groups in total. The monoisotopic (exact) mass is 396 g/mol. The van der Waals surface area contributed by atoms with Crippen LogP contribution in [0.25, 0.3) is 0 Å². The van der Waals surface area contributed by atoms with E-state index >= 15 is 0 Å². The predicted molar refractivity (Wildman–Crippen MR) is 106 cm³/mol. The van der Waals surface area contributed by atoms with E-state index in [1.807, 2.05) is 53.4 Å². The summed E-state index contributed by atoms with van der Waals surface area (Å²) >= 11 is 1.03. The van der Waals surface area contributed by atoms with Crippen LogP contribution in [0.5, 0.6) is 5.75 Å². The lowest BCUT2D eigenvalue weighted by Crippen LogP contribution is -2.26. The molecule has 0 spiro atoms. The second-order valence-electron chi connectivity index (χ2n) is 6.82. The molecule has 2 aliphatic rings. The van der Waals surface area contributed by atoms with Gasteiger partial charge in [0, 0.05) is 18.7 Å². The zero-order valence-electron chi connectivity index (χ0n) is 15.2. The minimum absolute atomic E-state index is 0.0901. The van der Waals surface area contributed by atoms with Gasteiger partial charge in [-0.1, -0.05) is 42.1 Å². The number of rotatable bonds is 7. The van der Waals surface area contributed by atoms with Gasteiger partial charge in [-0.15, -0.1) is 0 Å². The fraction of sp³-hybridized carbons (Fsp3) is 0.286. The first kappa shape index (κ1) is 18.6. The van der Waals surface area contributed by atoms with Crippen molar-refractivity contribution in [1.82, 2.24) is 10.2 Å². The highest BCUT2D eigenvalue weighted by atomic mass is 32.2. The maximum Gasteiger partial charge on any atom is 0.286 e. The second-order valence-corrected chi connectivity index (χ2v) is 7.99. The van der Waals surface area contributed by atoms with Crippen molar-refractivity contribution in [3.63, 3.8) is 0 Å². The Bertz CT molecular complexity index is 913. The van der Waals surface area contributed by atoms with E-state index in [4.69, 9.17) is 4.74 Å². The van der Waals surface area contributed by atoms with Crippen molar-refractivity contribution >= 4 is 28.8 Å². The number of nitrogens with zero attached hydrogens (tertiary/aromatic N) is 1. The van der Waals surface area contributed by atoms with Crippen LogP contribution >= 0.6 is 11.8 Å². The van der Waals surface area contributed by atoms with Crippen molar-refractivity contribution in [2.24, 2.45) is 0 Å². The van der Waals surface area contributed by atoms with Crippen LogP contribution in [0.2, 0.25) is 0 Å². The van der Waals surface area contributed by atoms with Crippen LogP contribution in [0.15, 0.2) is 48.5 Å². The van der Waals surface area contributed by atoms with Crippen LogP contribution in [0, 0.1) is 0 Å². The molecule has 28 heavy (non-hydrogen) atoms. The normalized spacial score (nSPS) is 18.4. The van der Waals surface area contributed by atoms with E-state index < -0.39 is 0 Å². The molecule has 0 bridgehead atoms. The van der Waals surface area contributed by atoms with Crippen molar-refractivity contribution in [3.05, 3.63) is 65.2 Å². The summed E-state index contributed by atoms with van der Waals surface area (Å²) in [5.41, 5.74) is 2.87. The molecular weight excluding hydrogens is 376 g/mol. The van der Waals surface area contributed by atoms with Crippen LogP contribution in [0.1, 0.15) is 27.9 Å². The maximum atomic E-state index is 12.3. The van der Waals surface area contributed by atoms with E-state index in [1.165, 1.54) is 0 Å². The molecule has 1 atom stereocenters. The average molecular weight is 396 g/mol. The van der Waals surface area contributed by atoms with Crippen LogP contribution in [-0.2, 0) is 17.8 Å². The summed E-state index contributed by atoms with van der Waals surface area (Å²) in [5.74, 6) is 0.612. The molecule has 1 fully saturated rings. The minimum atomic E-state index is -0.360. The van der Waals surface area contributed by atoms with E-state index in [9.17, 15) is 14.4 Å². The summed E-state index contributed by atoms with van der Waals surface area (Å²) in [5, 5.41) is 1.65. The van der Waals surface area contributed by atoms with Crippen LogP contribution in [0.3, 0.4) is 0 Å². The van der Waals surface area contributed by atoms with Crippen molar-refractivity contribution in [2.45, 2.75) is 24.6 Å². The molecule has 0 aliphatic carbocycles. The van der Waals surface area contributed by atoms with Gasteiger partial charge in [0.25, 0.3) is 11.1 Å². The van der Waals surface area contributed by atoms with E-state index in [-0.39, 0.29) is 22.3 Å². The fourth-order valence-electron chi connectivity index (χ4n) is 3.40. The Kier molecular flexibility index (Phi) is 5.34. The highest BCUT2D eigenvalue weighted by Gasteiger charge is 2.31. The molecular formula is C21H20N2O4S. The number of benzene rings is 2. The maximum absolute atomic E-state index is 12.3. The third kappa shape index (κ3) is 4.04. The molecule has 0 radical (unpaired) electrons. The lowest BCUT2D eigenvalue weighted by Gasteiger charge is -2.15. The molecule has 1 saturated heterocycles. The third-order valence-electron chi connectivity index (χ3n) is 4.85. The standard InChI is InChI=1S/C21H20N2O4S/c24-19-18(28-21(26)22-19)12-14-6-8-16(9-7-14)27-11-3-10-23-13-15-4-1-2-5-17(15)20(23)25/h1-2,4-9,18H,3,10-13H2,(H,22,24,26). The number of hydrogen-bond acceptors (Lipinski definition) is 5. The van der Waals surface area contributed by atoms with E-state index in [0.717, 1.165) is 40.6 Å². The first-order valence-electron chi connectivity index (χ1n) is 9.20. The van der Waals surface area contributed by atoms with Gasteiger partial charge < -0.3 is 9.64 Å². The quantitative estimate of drug-likeness (QED) is 0.728. The van der Waals surface area contributed by atoms with Gasteiger partial charge in [-0.25, -0.2) is 0 Å². The number of thioether (sulfide) groups is 1. The predicted octanol–water partition coefficient (Wildman–Crippen LogP) is 3.01. The van der Waals surface area contributed by atoms with Gasteiger partial charge in [0.05, 0.1) is 11.9 Å². The molecule has 1 unspecified atom stereocenters. The van der Waals surface area contributed by atoms with Crippen LogP contribution < -0.4 is 10.1 Å². The Balaban J connectivity index is 1.21. The Labute approximate surface area is 167 Å². The van der Waals surface area contributed by atoms with Gasteiger partial charge in [0.1, 0.15) is 5.75 Å². The molecule has 2 heterocycles. The Hall–Kier alpha value is -2.80. The average Bonchev–Trinajstić information content (AvgIpc) is 3.19. The summed E-state index contributed by atoms with van der Waals surface area (Å²) < 4.78 is 5.76. The summed E-state index contributed by atoms with van der Waals surface area (Å²) in [4.78, 5) is 37.0. The molecule has 4 rings (SSSR count). The molecule has 7 heteroatoms. The fourth-order valence-corrected chi connectivity index (χ4v) is 4.26. The molecule has 2 aliphatic heterocycles. The third-order valence-corrected chi connectivity index (χ3v) is 5.83. The molecule has 0 aromatic heterocycles. The number of amides is 3. The van der Waals surface area contributed by atoms with Crippen LogP contribution in [0.4, 0.5) is 4.79 Å². The first-order valence-corrected chi connectivity index (χ1v) is 10.1. The van der Waals surface area contributed by atoms with E-state index in [2.05, 4.69) is 5.32 Å². The summed E-state index contributed by atoms with van der Waals surface area (Å²) in [6, 6.07) is 15.3. The number of fused-ring (bicyclic) bond motifs is 1. The molecule has 2 aromatic rings. The topological polar surface area (TPSA) is 75.7 Å². The highest BCUT2D eigenvalue weighted by Crippen LogP contribution is 2.24. The van der Waals surface area contributed by atoms with E-state index in [1.54, 1.807) is 0 Å². The lowest BCUT2D eigenvalue weighted by molar-refractivity contribution is -0.118. The smallest absolute Gasteiger partial charge is 0.286 e. The zero-order chi connectivity index (χ0) is 19.5. The minimum Gasteiger partial charge on any atom is -0.494 e. The van der Waals surface area contributed by atoms with Crippen molar-refractivity contribution in [1.29, 1.82) is 0 Å². The number of nitrogens with one attached hydrogen (secondary N) is 1. The molecule has 6 nitrogen and oxygen atoms in total. The zero-order valence-corrected chi connectivity index (χ0v) is 16.0. The number of hydrogen-bond donors (Lipinski definition) is 1. The van der Waals surface area contributed by atoms with Crippen molar-refractivity contribution in [3.8, 4) is 5.75 Å². The number of carbonyl (C=O) groups excluding carboxylic acids is 3. The largest absolute Gasteiger partial charge is 0.494 e. The molecule has 144 valence electrons. The molecule has 2 aromatic carbocycles. The van der Waals surface area contributed by atoms with E-state index in [0.29, 0.717) is 26.1 Å². The Morgan fingerprint density at radius 3 is 2.57 bits per heavy atom. The molecule has 3 amide bonds. The number of ether oxygens (including phenoxy) is 1. The lowest BCUT2D eigenvalue weighted by atomic mass is 10.1. The summed E-state index contributed by atoms with van der Waals surface area (Å²) in [6.07, 6.45) is 1.27. The Morgan fingerprint density at radius 2 is 1.86 bits per heavy atom. The van der Waals surface area contributed by atoms with Gasteiger partial charge in [0.15, 0.2) is 0 Å². The summed E-state index contributed by atoms with van der Waals surface area (Å²) in [6.45, 7) is 1.85. The second kappa shape index (κ2) is 8.06. The number of imide groups is 1. The van der Waals surface area contributed by atoms with Crippen molar-refractivity contribution in [2.75, 3.05) is 13.2 Å². The van der Waals surface area contributed by atoms with Gasteiger partial charge in [0.2, 0.25) is 5.91 Å². The Morgan fingerprint density at radius 1 is 1.07 bits per heavy atom. The van der Waals surface area contributed by atoms with Gasteiger partial charge in [-0.05, 0) is 42.2 Å². The molecule has 0 saturated carbocycles. The van der Waals surface area contributed by atoms with Gasteiger partial charge in [-0.3, -0.25) is 19.7 Å². The first-order chi connectivity index (χ1) is 13.6. The van der Waals surface area contributed by atoms with Crippen molar-refractivity contribution < 1.29 is 19.1 Å². The summed E-state index contributed by atoms with van der Waals surface area (Å²) in [7, 11) is 0. The van der Waals surface area contributed by atoms with Crippen LogP contribution in [-0.4, -0.2) is 40.4 Å². The SMILES string of the molecule is O=C1NC(=O)C(Cc2ccc(OCCCN3Cc4ccccc4C3=O)cc2)S1. The number of carbonyl (C=O) groups is 3. The van der Waals surface area contributed by atoms with Gasteiger partial charge in [-0.2, -0.15) is 0 Å². The highest BCUT2D eigenvalue weighted by molar-refractivity contribution is 8.15. The van der Waals surface area contributed by atoms with Gasteiger partial charge >= 0.3 is 0 Å².